The molecule has 1 aliphatic rings. The van der Waals surface area contributed by atoms with E-state index in [2.05, 4.69) is 10.6 Å². The predicted octanol–water partition coefficient (Wildman–Crippen LogP) is 2.73. The number of nitrogens with one attached hydrogen (secondary N) is 2. The molecule has 6 heteroatoms. The lowest BCUT2D eigenvalue weighted by Crippen LogP contribution is -2.36. The maximum atomic E-state index is 12.0. The number of rotatable bonds is 5. The summed E-state index contributed by atoms with van der Waals surface area (Å²) in [7, 11) is -3.26. The van der Waals surface area contributed by atoms with Gasteiger partial charge in [0.1, 0.15) is 0 Å². The first-order chi connectivity index (χ1) is 10.9. The standard InChI is InChI=1S/C17H26N2O3S/c1-23(21,22)16-11-7-10-15(12-16)19-17(20)13-18-14-8-5-3-2-4-6-9-14/h7,10-12,14,18H,2-6,8-9,13H2,1H3,(H,19,20). The van der Waals surface area contributed by atoms with Crippen molar-refractivity contribution in [3.05, 3.63) is 24.3 Å². The summed E-state index contributed by atoms with van der Waals surface area (Å²) in [4.78, 5) is 12.3. The van der Waals surface area contributed by atoms with Crippen molar-refractivity contribution in [2.45, 2.75) is 55.9 Å². The van der Waals surface area contributed by atoms with Crippen LogP contribution < -0.4 is 10.6 Å². The number of amides is 1. The highest BCUT2D eigenvalue weighted by Gasteiger charge is 2.13. The highest BCUT2D eigenvalue weighted by molar-refractivity contribution is 7.90. The van der Waals surface area contributed by atoms with Gasteiger partial charge in [-0.2, -0.15) is 0 Å². The molecule has 1 aromatic rings. The maximum absolute atomic E-state index is 12.0. The van der Waals surface area contributed by atoms with Gasteiger partial charge < -0.3 is 10.6 Å². The fourth-order valence-electron chi connectivity index (χ4n) is 2.91. The minimum absolute atomic E-state index is 0.141. The van der Waals surface area contributed by atoms with Crippen molar-refractivity contribution in [3.8, 4) is 0 Å². The van der Waals surface area contributed by atoms with Crippen molar-refractivity contribution in [2.75, 3.05) is 18.1 Å². The van der Waals surface area contributed by atoms with Crippen LogP contribution in [-0.2, 0) is 14.6 Å². The molecule has 1 aliphatic carbocycles. The molecule has 0 spiro atoms. The van der Waals surface area contributed by atoms with E-state index >= 15 is 0 Å². The predicted molar refractivity (Wildman–Crippen MR) is 92.3 cm³/mol. The zero-order valence-electron chi connectivity index (χ0n) is 13.7. The minimum atomic E-state index is -3.26. The molecule has 0 bridgehead atoms. The first kappa shape index (κ1) is 17.9. The van der Waals surface area contributed by atoms with Gasteiger partial charge in [0.25, 0.3) is 0 Å². The quantitative estimate of drug-likeness (QED) is 0.865. The molecule has 0 aliphatic heterocycles. The molecular weight excluding hydrogens is 312 g/mol. The Labute approximate surface area is 138 Å². The highest BCUT2D eigenvalue weighted by atomic mass is 32.2. The smallest absolute Gasteiger partial charge is 0.238 e. The van der Waals surface area contributed by atoms with Gasteiger partial charge in [0.05, 0.1) is 11.4 Å². The van der Waals surface area contributed by atoms with Gasteiger partial charge in [-0.05, 0) is 31.0 Å². The summed E-state index contributed by atoms with van der Waals surface area (Å²) in [5.74, 6) is -0.141. The molecule has 23 heavy (non-hydrogen) atoms. The van der Waals surface area contributed by atoms with Crippen LogP contribution in [0.3, 0.4) is 0 Å². The molecule has 1 saturated carbocycles. The number of hydrogen-bond donors (Lipinski definition) is 2. The Morgan fingerprint density at radius 2 is 1.78 bits per heavy atom. The largest absolute Gasteiger partial charge is 0.325 e. The normalized spacial score (nSPS) is 17.3. The van der Waals surface area contributed by atoms with Crippen molar-refractivity contribution in [1.29, 1.82) is 0 Å². The fourth-order valence-corrected chi connectivity index (χ4v) is 3.57. The summed E-state index contributed by atoms with van der Waals surface area (Å²) < 4.78 is 23.1. The van der Waals surface area contributed by atoms with E-state index in [4.69, 9.17) is 0 Å². The van der Waals surface area contributed by atoms with Crippen LogP contribution in [0.1, 0.15) is 44.9 Å². The number of anilines is 1. The van der Waals surface area contributed by atoms with Crippen molar-refractivity contribution in [1.82, 2.24) is 5.32 Å². The number of carbonyl (C=O) groups is 1. The summed E-state index contributed by atoms with van der Waals surface area (Å²) >= 11 is 0. The van der Waals surface area contributed by atoms with Gasteiger partial charge in [0.2, 0.25) is 5.91 Å². The van der Waals surface area contributed by atoms with Crippen LogP contribution >= 0.6 is 0 Å². The van der Waals surface area contributed by atoms with Gasteiger partial charge in [0.15, 0.2) is 9.84 Å². The number of hydrogen-bond acceptors (Lipinski definition) is 4. The van der Waals surface area contributed by atoms with Gasteiger partial charge in [-0.3, -0.25) is 4.79 Å². The van der Waals surface area contributed by atoms with Crippen LogP contribution in [0.15, 0.2) is 29.2 Å². The monoisotopic (exact) mass is 338 g/mol. The molecule has 0 unspecified atom stereocenters. The third-order valence-electron chi connectivity index (χ3n) is 4.20. The molecule has 1 aromatic carbocycles. The van der Waals surface area contributed by atoms with Crippen LogP contribution in [0.4, 0.5) is 5.69 Å². The molecular formula is C17H26N2O3S. The van der Waals surface area contributed by atoms with Crippen molar-refractivity contribution in [3.63, 3.8) is 0 Å². The Hall–Kier alpha value is -1.40. The average molecular weight is 338 g/mol. The van der Waals surface area contributed by atoms with Crippen LogP contribution in [0.2, 0.25) is 0 Å². The molecule has 1 fully saturated rings. The SMILES string of the molecule is CS(=O)(=O)c1cccc(NC(=O)CNC2CCCCCCC2)c1. The van der Waals surface area contributed by atoms with E-state index < -0.39 is 9.84 Å². The lowest BCUT2D eigenvalue weighted by molar-refractivity contribution is -0.115. The van der Waals surface area contributed by atoms with Crippen LogP contribution in [0.5, 0.6) is 0 Å². The summed E-state index contributed by atoms with van der Waals surface area (Å²) in [6.07, 6.45) is 9.72. The fraction of sp³-hybridized carbons (Fsp3) is 0.588. The van der Waals surface area contributed by atoms with E-state index in [1.54, 1.807) is 12.1 Å². The van der Waals surface area contributed by atoms with E-state index in [1.807, 2.05) is 0 Å². The lowest BCUT2D eigenvalue weighted by Gasteiger charge is -2.20. The van der Waals surface area contributed by atoms with Crippen molar-refractivity contribution in [2.24, 2.45) is 0 Å². The molecule has 0 heterocycles. The van der Waals surface area contributed by atoms with E-state index in [0.29, 0.717) is 11.7 Å². The molecule has 2 N–H and O–H groups in total. The molecule has 0 aromatic heterocycles. The third-order valence-corrected chi connectivity index (χ3v) is 5.31. The van der Waals surface area contributed by atoms with Gasteiger partial charge in [0, 0.05) is 18.0 Å². The van der Waals surface area contributed by atoms with Gasteiger partial charge in [-0.15, -0.1) is 0 Å². The Balaban J connectivity index is 1.84. The van der Waals surface area contributed by atoms with Gasteiger partial charge >= 0.3 is 0 Å². The molecule has 128 valence electrons. The van der Waals surface area contributed by atoms with Gasteiger partial charge in [-0.1, -0.05) is 38.2 Å². The van der Waals surface area contributed by atoms with Crippen LogP contribution in [-0.4, -0.2) is 33.2 Å². The van der Waals surface area contributed by atoms with Crippen LogP contribution in [0.25, 0.3) is 0 Å². The summed E-state index contributed by atoms with van der Waals surface area (Å²) in [5, 5.41) is 6.08. The number of benzene rings is 1. The summed E-state index contributed by atoms with van der Waals surface area (Å²) in [6, 6.07) is 6.75. The second-order valence-corrected chi connectivity index (χ2v) is 8.29. The van der Waals surface area contributed by atoms with Crippen molar-refractivity contribution < 1.29 is 13.2 Å². The third kappa shape index (κ3) is 6.31. The second-order valence-electron chi connectivity index (χ2n) is 6.27. The average Bonchev–Trinajstić information content (AvgIpc) is 2.45. The molecule has 5 nitrogen and oxygen atoms in total. The Morgan fingerprint density at radius 1 is 1.13 bits per heavy atom. The molecule has 0 atom stereocenters. The first-order valence-corrected chi connectivity index (χ1v) is 10.2. The van der Waals surface area contributed by atoms with E-state index in [0.717, 1.165) is 19.1 Å². The van der Waals surface area contributed by atoms with Crippen molar-refractivity contribution >= 4 is 21.4 Å². The number of sulfone groups is 1. The zero-order chi connectivity index (χ0) is 16.7. The van der Waals surface area contributed by atoms with Gasteiger partial charge in [-0.25, -0.2) is 8.42 Å². The van der Waals surface area contributed by atoms with Crippen LogP contribution in [0, 0.1) is 0 Å². The first-order valence-electron chi connectivity index (χ1n) is 8.28. The Morgan fingerprint density at radius 3 is 2.43 bits per heavy atom. The van der Waals surface area contributed by atoms with E-state index in [1.165, 1.54) is 44.2 Å². The Bertz CT molecular complexity index is 620. The topological polar surface area (TPSA) is 75.3 Å². The zero-order valence-corrected chi connectivity index (χ0v) is 14.5. The molecule has 1 amide bonds. The molecule has 0 radical (unpaired) electrons. The van der Waals surface area contributed by atoms with E-state index in [9.17, 15) is 13.2 Å². The maximum Gasteiger partial charge on any atom is 0.238 e. The van der Waals surface area contributed by atoms with E-state index in [-0.39, 0.29) is 17.3 Å². The second kappa shape index (κ2) is 8.45. The number of carbonyl (C=O) groups excluding carboxylic acids is 1. The lowest BCUT2D eigenvalue weighted by atomic mass is 9.97. The molecule has 2 rings (SSSR count). The Kier molecular flexibility index (Phi) is 6.59. The summed E-state index contributed by atoms with van der Waals surface area (Å²) in [5.41, 5.74) is 0.511. The highest BCUT2D eigenvalue weighted by Crippen LogP contribution is 2.17. The summed E-state index contributed by atoms with van der Waals surface area (Å²) in [6.45, 7) is 0.258. The molecule has 0 saturated heterocycles. The minimum Gasteiger partial charge on any atom is -0.325 e.